The highest BCUT2D eigenvalue weighted by Crippen LogP contribution is 2.68. The molecule has 0 bridgehead atoms. The number of nitrogens with one attached hydrogen (secondary N) is 2. The molecular formula is C31H52N2O6. The molecule has 222 valence electrons. The second-order valence-corrected chi connectivity index (χ2v) is 14.1. The third-order valence-corrected chi connectivity index (χ3v) is 11.9. The predicted octanol–water partition coefficient (Wildman–Crippen LogP) is 3.88. The molecule has 5 N–H and O–H groups in total. The fourth-order valence-electron chi connectivity index (χ4n) is 9.86. The lowest BCUT2D eigenvalue weighted by Gasteiger charge is -2.62. The average molecular weight is 549 g/mol. The van der Waals surface area contributed by atoms with Crippen molar-refractivity contribution in [1.82, 2.24) is 10.6 Å². The summed E-state index contributed by atoms with van der Waals surface area (Å²) in [6.07, 6.45) is 9.92. The molecule has 0 aliphatic heterocycles. The molecule has 4 aliphatic rings. The molecule has 4 saturated carbocycles. The molecular weight excluding hydrogens is 496 g/mol. The standard InChI is InChI=1S/C31H52N2O6/c1-18(7-10-27(37)32-15-5-6-25(29(38)39)33-19(2)34)22-8-9-23-28-24(12-14-31(22,23)4)30(3)13-11-21(35)16-20(30)17-26(28)36/h18,20-26,28,35-36H,5-17H2,1-4H3,(H,32,37)(H,33,34)(H,38,39)/t18-,20+,21-,22-,23+,24+,25+,26+,28+,30+,31-/m1/s1. The lowest BCUT2D eigenvalue weighted by atomic mass is 9.43. The first kappa shape index (κ1) is 30.3. The summed E-state index contributed by atoms with van der Waals surface area (Å²) in [5.74, 6) is 1.40. The zero-order valence-electron chi connectivity index (χ0n) is 24.5. The van der Waals surface area contributed by atoms with E-state index in [4.69, 9.17) is 0 Å². The number of aliphatic hydroxyl groups excluding tert-OH is 2. The quantitative estimate of drug-likeness (QED) is 0.263. The van der Waals surface area contributed by atoms with Gasteiger partial charge in [0.25, 0.3) is 0 Å². The molecule has 0 saturated heterocycles. The molecule has 2 amide bonds. The van der Waals surface area contributed by atoms with Crippen molar-refractivity contribution in [3.05, 3.63) is 0 Å². The number of carbonyl (C=O) groups is 3. The van der Waals surface area contributed by atoms with E-state index in [1.165, 1.54) is 26.2 Å². The van der Waals surface area contributed by atoms with Gasteiger partial charge in [0.2, 0.25) is 11.8 Å². The van der Waals surface area contributed by atoms with Crippen molar-refractivity contribution in [3.8, 4) is 0 Å². The van der Waals surface area contributed by atoms with Crippen LogP contribution in [0.25, 0.3) is 0 Å². The van der Waals surface area contributed by atoms with Crippen LogP contribution >= 0.6 is 0 Å². The van der Waals surface area contributed by atoms with Crippen molar-refractivity contribution in [2.75, 3.05) is 6.54 Å². The van der Waals surface area contributed by atoms with Crippen LogP contribution in [0.4, 0.5) is 0 Å². The van der Waals surface area contributed by atoms with Gasteiger partial charge in [-0.3, -0.25) is 9.59 Å². The average Bonchev–Trinajstić information content (AvgIpc) is 3.22. The van der Waals surface area contributed by atoms with Crippen LogP contribution in [-0.4, -0.2) is 57.9 Å². The van der Waals surface area contributed by atoms with Gasteiger partial charge in [-0.25, -0.2) is 4.79 Å². The molecule has 0 heterocycles. The van der Waals surface area contributed by atoms with E-state index in [9.17, 15) is 29.7 Å². The van der Waals surface area contributed by atoms with Crippen LogP contribution < -0.4 is 10.6 Å². The van der Waals surface area contributed by atoms with E-state index in [-0.39, 0.29) is 41.3 Å². The van der Waals surface area contributed by atoms with Crippen LogP contribution in [0.15, 0.2) is 0 Å². The van der Waals surface area contributed by atoms with E-state index in [0.29, 0.717) is 54.9 Å². The fraction of sp³-hybridized carbons (Fsp3) is 0.903. The van der Waals surface area contributed by atoms with Gasteiger partial charge in [-0.15, -0.1) is 0 Å². The SMILES string of the molecule is CC(=O)N[C@@H](CCCNC(=O)CC[C@@H](C)[C@H]1CC[C@H]2[C@@H]3[C@@H](O)C[C@@H]4C[C@H](O)CC[C@]4(C)[C@H]3CC[C@]12C)C(=O)O. The van der Waals surface area contributed by atoms with E-state index in [1.807, 2.05) is 0 Å². The van der Waals surface area contributed by atoms with E-state index in [0.717, 1.165) is 38.5 Å². The monoisotopic (exact) mass is 548 g/mol. The maximum absolute atomic E-state index is 12.6. The van der Waals surface area contributed by atoms with Gasteiger partial charge in [-0.2, -0.15) is 0 Å². The van der Waals surface area contributed by atoms with Gasteiger partial charge in [-0.1, -0.05) is 20.8 Å². The third-order valence-electron chi connectivity index (χ3n) is 11.9. The minimum atomic E-state index is -1.06. The smallest absolute Gasteiger partial charge is 0.326 e. The molecule has 8 heteroatoms. The van der Waals surface area contributed by atoms with Crippen LogP contribution in [0.1, 0.15) is 105 Å². The highest BCUT2D eigenvalue weighted by atomic mass is 16.4. The number of fused-ring (bicyclic) bond motifs is 5. The molecule has 0 unspecified atom stereocenters. The zero-order valence-corrected chi connectivity index (χ0v) is 24.5. The van der Waals surface area contributed by atoms with Gasteiger partial charge in [-0.05, 0) is 117 Å². The Hall–Kier alpha value is -1.67. The number of carboxylic acid groups (broad SMARTS) is 1. The van der Waals surface area contributed by atoms with Gasteiger partial charge in [0.05, 0.1) is 12.2 Å². The second-order valence-electron chi connectivity index (χ2n) is 14.1. The van der Waals surface area contributed by atoms with Crippen molar-refractivity contribution >= 4 is 17.8 Å². The van der Waals surface area contributed by atoms with Crippen molar-refractivity contribution in [3.63, 3.8) is 0 Å². The fourth-order valence-corrected chi connectivity index (χ4v) is 9.86. The second kappa shape index (κ2) is 12.1. The lowest BCUT2D eigenvalue weighted by Crippen LogP contribution is -2.58. The van der Waals surface area contributed by atoms with Crippen LogP contribution in [0.2, 0.25) is 0 Å². The number of amides is 2. The van der Waals surface area contributed by atoms with Crippen molar-refractivity contribution in [1.29, 1.82) is 0 Å². The van der Waals surface area contributed by atoms with Crippen molar-refractivity contribution < 1.29 is 29.7 Å². The lowest BCUT2D eigenvalue weighted by molar-refractivity contribution is -0.174. The molecule has 4 rings (SSSR count). The minimum absolute atomic E-state index is 0.00202. The van der Waals surface area contributed by atoms with Crippen molar-refractivity contribution in [2.24, 2.45) is 46.3 Å². The molecule has 0 aromatic heterocycles. The summed E-state index contributed by atoms with van der Waals surface area (Å²) in [6, 6.07) is -0.925. The van der Waals surface area contributed by atoms with Crippen molar-refractivity contribution in [2.45, 2.75) is 123 Å². The van der Waals surface area contributed by atoms with Crippen LogP contribution in [0.3, 0.4) is 0 Å². The Bertz CT molecular complexity index is 912. The van der Waals surface area contributed by atoms with Gasteiger partial charge >= 0.3 is 5.97 Å². The summed E-state index contributed by atoms with van der Waals surface area (Å²) in [6.45, 7) is 8.90. The first-order valence-corrected chi connectivity index (χ1v) is 15.5. The van der Waals surface area contributed by atoms with Crippen LogP contribution in [-0.2, 0) is 14.4 Å². The first-order chi connectivity index (χ1) is 18.4. The summed E-state index contributed by atoms with van der Waals surface area (Å²) in [4.78, 5) is 35.0. The molecule has 0 radical (unpaired) electrons. The molecule has 0 spiro atoms. The highest BCUT2D eigenvalue weighted by molar-refractivity contribution is 5.82. The Morgan fingerprint density at radius 1 is 0.949 bits per heavy atom. The molecule has 11 atom stereocenters. The maximum atomic E-state index is 12.6. The van der Waals surface area contributed by atoms with E-state index >= 15 is 0 Å². The van der Waals surface area contributed by atoms with Crippen LogP contribution in [0.5, 0.6) is 0 Å². The third kappa shape index (κ3) is 6.17. The van der Waals surface area contributed by atoms with Gasteiger partial charge < -0.3 is 26.0 Å². The number of carboxylic acids is 1. The summed E-state index contributed by atoms with van der Waals surface area (Å²) in [5.41, 5.74) is 0.434. The molecule has 0 aromatic carbocycles. The maximum Gasteiger partial charge on any atom is 0.326 e. The molecule has 8 nitrogen and oxygen atoms in total. The zero-order chi connectivity index (χ0) is 28.5. The summed E-state index contributed by atoms with van der Waals surface area (Å²) in [7, 11) is 0. The number of hydrogen-bond acceptors (Lipinski definition) is 5. The first-order valence-electron chi connectivity index (χ1n) is 15.5. The largest absolute Gasteiger partial charge is 0.480 e. The Labute approximate surface area is 234 Å². The molecule has 0 aromatic rings. The van der Waals surface area contributed by atoms with Gasteiger partial charge in [0, 0.05) is 19.9 Å². The van der Waals surface area contributed by atoms with Gasteiger partial charge in [0.1, 0.15) is 6.04 Å². The molecule has 4 fully saturated rings. The number of hydrogen-bond donors (Lipinski definition) is 5. The number of rotatable bonds is 10. The number of carbonyl (C=O) groups excluding carboxylic acids is 2. The normalized spacial score (nSPS) is 40.9. The summed E-state index contributed by atoms with van der Waals surface area (Å²) < 4.78 is 0. The topological polar surface area (TPSA) is 136 Å². The Kier molecular flexibility index (Phi) is 9.36. The van der Waals surface area contributed by atoms with E-state index in [1.54, 1.807) is 0 Å². The summed E-state index contributed by atoms with van der Waals surface area (Å²) >= 11 is 0. The number of aliphatic carboxylic acids is 1. The summed E-state index contributed by atoms with van der Waals surface area (Å²) in [5, 5.41) is 36.3. The highest BCUT2D eigenvalue weighted by Gasteiger charge is 2.62. The van der Waals surface area contributed by atoms with E-state index < -0.39 is 12.0 Å². The Morgan fingerprint density at radius 2 is 1.64 bits per heavy atom. The number of aliphatic hydroxyl groups is 2. The van der Waals surface area contributed by atoms with E-state index in [2.05, 4.69) is 31.4 Å². The Morgan fingerprint density at radius 3 is 2.33 bits per heavy atom. The van der Waals surface area contributed by atoms with Gasteiger partial charge in [0.15, 0.2) is 0 Å². The Balaban J connectivity index is 1.28. The minimum Gasteiger partial charge on any atom is -0.480 e. The van der Waals surface area contributed by atoms with Crippen LogP contribution in [0, 0.1) is 46.3 Å². The predicted molar refractivity (Wildman–Crippen MR) is 148 cm³/mol. The molecule has 4 aliphatic carbocycles. The molecule has 39 heavy (non-hydrogen) atoms.